The molecule has 168 valence electrons. The van der Waals surface area contributed by atoms with Gasteiger partial charge in [0.1, 0.15) is 11.3 Å². The first-order valence-corrected chi connectivity index (χ1v) is 10.6. The van der Waals surface area contributed by atoms with Crippen molar-refractivity contribution in [3.05, 3.63) is 88.6 Å². The fraction of sp³-hybridized carbons (Fsp3) is 0.200. The lowest BCUT2D eigenvalue weighted by Crippen LogP contribution is -2.34. The number of hydrogen-bond donors (Lipinski definition) is 1. The summed E-state index contributed by atoms with van der Waals surface area (Å²) in [5.74, 6) is 0.338. The highest BCUT2D eigenvalue weighted by atomic mass is 16.5. The van der Waals surface area contributed by atoms with Crippen LogP contribution >= 0.6 is 0 Å². The summed E-state index contributed by atoms with van der Waals surface area (Å²) in [6.45, 7) is 2.55. The van der Waals surface area contributed by atoms with Gasteiger partial charge in [-0.2, -0.15) is 5.10 Å². The van der Waals surface area contributed by atoms with Crippen LogP contribution in [0.15, 0.2) is 71.8 Å². The minimum absolute atomic E-state index is 0.118. The van der Waals surface area contributed by atoms with Crippen molar-refractivity contribution < 1.29 is 9.53 Å². The van der Waals surface area contributed by atoms with Crippen LogP contribution in [0.5, 0.6) is 5.75 Å². The van der Waals surface area contributed by atoms with E-state index in [1.54, 1.807) is 38.7 Å². The van der Waals surface area contributed by atoms with Crippen LogP contribution in [0.4, 0.5) is 0 Å². The summed E-state index contributed by atoms with van der Waals surface area (Å²) in [7, 11) is 3.28. The number of aryl methyl sites for hydroxylation is 1. The van der Waals surface area contributed by atoms with Crippen molar-refractivity contribution in [1.29, 1.82) is 0 Å². The van der Waals surface area contributed by atoms with Crippen LogP contribution in [0.1, 0.15) is 16.1 Å². The van der Waals surface area contributed by atoms with E-state index in [-0.39, 0.29) is 11.1 Å². The van der Waals surface area contributed by atoms with Crippen molar-refractivity contribution in [1.82, 2.24) is 24.6 Å². The molecule has 0 saturated heterocycles. The van der Waals surface area contributed by atoms with Gasteiger partial charge in [0.05, 0.1) is 25.0 Å². The maximum Gasteiger partial charge on any atom is 0.263 e. The minimum Gasteiger partial charge on any atom is -0.497 e. The highest BCUT2D eigenvalue weighted by Crippen LogP contribution is 2.28. The summed E-state index contributed by atoms with van der Waals surface area (Å²) in [6, 6.07) is 16.8. The Morgan fingerprint density at radius 2 is 1.91 bits per heavy atom. The number of ether oxygens (including phenoxy) is 1. The van der Waals surface area contributed by atoms with E-state index < -0.39 is 5.91 Å². The first kappa shape index (κ1) is 22.0. The van der Waals surface area contributed by atoms with E-state index >= 15 is 0 Å². The number of nitrogens with one attached hydrogen (secondary N) is 1. The zero-order chi connectivity index (χ0) is 23.4. The predicted molar refractivity (Wildman–Crippen MR) is 126 cm³/mol. The number of amides is 1. The van der Waals surface area contributed by atoms with Crippen LogP contribution in [0.25, 0.3) is 22.5 Å². The molecule has 8 heteroatoms. The Hall–Kier alpha value is -4.20. The number of aromatic nitrogens is 4. The molecule has 0 unspecified atom stereocenters. The SMILES string of the molecule is COc1cccc(-c2cc(-c3cccnc3)nn2CCNC(=O)c2ccc(C)n(C)c2=O)c1. The lowest BCUT2D eigenvalue weighted by atomic mass is 10.1. The first-order valence-electron chi connectivity index (χ1n) is 10.6. The number of carbonyl (C=O) groups is 1. The summed E-state index contributed by atoms with van der Waals surface area (Å²) < 4.78 is 8.67. The second kappa shape index (κ2) is 9.52. The highest BCUT2D eigenvalue weighted by molar-refractivity contribution is 5.93. The first-order chi connectivity index (χ1) is 16.0. The number of hydrogen-bond acceptors (Lipinski definition) is 5. The van der Waals surface area contributed by atoms with E-state index in [1.165, 1.54) is 4.57 Å². The molecule has 0 aliphatic heterocycles. The van der Waals surface area contributed by atoms with Crippen LogP contribution in [0.3, 0.4) is 0 Å². The third-order valence-corrected chi connectivity index (χ3v) is 5.51. The Kier molecular flexibility index (Phi) is 6.35. The summed E-state index contributed by atoms with van der Waals surface area (Å²) in [5.41, 5.74) is 4.09. The fourth-order valence-corrected chi connectivity index (χ4v) is 3.53. The summed E-state index contributed by atoms with van der Waals surface area (Å²) in [4.78, 5) is 29.2. The van der Waals surface area contributed by atoms with Crippen LogP contribution < -0.4 is 15.6 Å². The standard InChI is InChI=1S/C25H25N5O3/c1-17-9-10-21(25(32)29(17)2)24(31)27-12-13-30-23(18-6-4-8-20(14-18)33-3)15-22(28-30)19-7-5-11-26-16-19/h4-11,14-16H,12-13H2,1-3H3,(H,27,31). The Bertz CT molecular complexity index is 1340. The molecule has 1 N–H and O–H groups in total. The number of pyridine rings is 2. The van der Waals surface area contributed by atoms with Gasteiger partial charge < -0.3 is 14.6 Å². The molecule has 0 fully saturated rings. The van der Waals surface area contributed by atoms with Crippen LogP contribution in [-0.4, -0.2) is 38.9 Å². The Balaban J connectivity index is 1.58. The molecule has 0 bridgehead atoms. The van der Waals surface area contributed by atoms with E-state index in [4.69, 9.17) is 9.84 Å². The molecule has 0 saturated carbocycles. The molecule has 4 aromatic rings. The van der Waals surface area contributed by atoms with Gasteiger partial charge in [-0.05, 0) is 49.4 Å². The molecule has 3 aromatic heterocycles. The molecule has 1 aromatic carbocycles. The van der Waals surface area contributed by atoms with Gasteiger partial charge in [0.15, 0.2) is 0 Å². The molecular formula is C25H25N5O3. The smallest absolute Gasteiger partial charge is 0.263 e. The topological polar surface area (TPSA) is 91.0 Å². The van der Waals surface area contributed by atoms with Gasteiger partial charge in [-0.3, -0.25) is 19.3 Å². The number of carbonyl (C=O) groups excluding carboxylic acids is 1. The molecule has 33 heavy (non-hydrogen) atoms. The number of rotatable bonds is 7. The Morgan fingerprint density at radius 1 is 1.09 bits per heavy atom. The Labute approximate surface area is 191 Å². The number of nitrogens with zero attached hydrogens (tertiary/aromatic N) is 4. The van der Waals surface area contributed by atoms with Crippen LogP contribution in [0.2, 0.25) is 0 Å². The second-order valence-corrected chi connectivity index (χ2v) is 7.62. The maximum atomic E-state index is 12.6. The van der Waals surface area contributed by atoms with Gasteiger partial charge in [0, 0.05) is 42.8 Å². The van der Waals surface area contributed by atoms with Gasteiger partial charge in [0.2, 0.25) is 0 Å². The minimum atomic E-state index is -0.404. The van der Waals surface area contributed by atoms with Crippen molar-refractivity contribution in [2.75, 3.05) is 13.7 Å². The molecule has 0 radical (unpaired) electrons. The molecule has 0 atom stereocenters. The van der Waals surface area contributed by atoms with Gasteiger partial charge >= 0.3 is 0 Å². The predicted octanol–water partition coefficient (Wildman–Crippen LogP) is 3.06. The van der Waals surface area contributed by atoms with Gasteiger partial charge in [-0.1, -0.05) is 12.1 Å². The van der Waals surface area contributed by atoms with Crippen molar-refractivity contribution in [3.63, 3.8) is 0 Å². The molecular weight excluding hydrogens is 418 g/mol. The third kappa shape index (κ3) is 4.69. The lowest BCUT2D eigenvalue weighted by Gasteiger charge is -2.11. The summed E-state index contributed by atoms with van der Waals surface area (Å²) >= 11 is 0. The quantitative estimate of drug-likeness (QED) is 0.474. The maximum absolute atomic E-state index is 12.6. The molecule has 8 nitrogen and oxygen atoms in total. The van der Waals surface area contributed by atoms with Crippen molar-refractivity contribution in [2.24, 2.45) is 7.05 Å². The highest BCUT2D eigenvalue weighted by Gasteiger charge is 2.15. The Morgan fingerprint density at radius 3 is 2.67 bits per heavy atom. The van der Waals surface area contributed by atoms with Crippen molar-refractivity contribution in [2.45, 2.75) is 13.5 Å². The normalized spacial score (nSPS) is 10.8. The molecule has 1 amide bonds. The number of methoxy groups -OCH3 is 1. The lowest BCUT2D eigenvalue weighted by molar-refractivity contribution is 0.0950. The van der Waals surface area contributed by atoms with Crippen molar-refractivity contribution >= 4 is 5.91 Å². The van der Waals surface area contributed by atoms with E-state index in [0.717, 1.165) is 34.0 Å². The third-order valence-electron chi connectivity index (χ3n) is 5.51. The monoisotopic (exact) mass is 443 g/mol. The molecule has 0 spiro atoms. The fourth-order valence-electron chi connectivity index (χ4n) is 3.53. The summed E-state index contributed by atoms with van der Waals surface area (Å²) in [6.07, 6.45) is 3.48. The van der Waals surface area contributed by atoms with Gasteiger partial charge in [0.25, 0.3) is 11.5 Å². The van der Waals surface area contributed by atoms with E-state index in [2.05, 4.69) is 10.3 Å². The van der Waals surface area contributed by atoms with Crippen molar-refractivity contribution in [3.8, 4) is 28.3 Å². The average molecular weight is 444 g/mol. The molecule has 0 aliphatic carbocycles. The molecule has 0 aliphatic rings. The zero-order valence-corrected chi connectivity index (χ0v) is 18.8. The average Bonchev–Trinajstić information content (AvgIpc) is 3.27. The molecule has 3 heterocycles. The molecule has 4 rings (SSSR count). The largest absolute Gasteiger partial charge is 0.497 e. The summed E-state index contributed by atoms with van der Waals surface area (Å²) in [5, 5.41) is 7.58. The van der Waals surface area contributed by atoms with Gasteiger partial charge in [-0.25, -0.2) is 0 Å². The number of benzene rings is 1. The van der Waals surface area contributed by atoms with Crippen LogP contribution in [-0.2, 0) is 13.6 Å². The second-order valence-electron chi connectivity index (χ2n) is 7.62. The zero-order valence-electron chi connectivity index (χ0n) is 18.8. The van der Waals surface area contributed by atoms with E-state index in [9.17, 15) is 9.59 Å². The van der Waals surface area contributed by atoms with Crippen LogP contribution in [0, 0.1) is 6.92 Å². The van der Waals surface area contributed by atoms with E-state index in [0.29, 0.717) is 13.1 Å². The van der Waals surface area contributed by atoms with E-state index in [1.807, 2.05) is 54.1 Å². The van der Waals surface area contributed by atoms with Gasteiger partial charge in [-0.15, -0.1) is 0 Å².